The molecule has 0 spiro atoms. The Morgan fingerprint density at radius 1 is 1.67 bits per heavy atom. The van der Waals surface area contributed by atoms with Crippen LogP contribution in [0.1, 0.15) is 5.76 Å². The maximum Gasteiger partial charge on any atom is 0.225 e. The Morgan fingerprint density at radius 2 is 2.67 bits per heavy atom. The van der Waals surface area contributed by atoms with E-state index >= 15 is 0 Å². The van der Waals surface area contributed by atoms with Crippen molar-refractivity contribution in [2.75, 3.05) is 0 Å². The molecule has 2 heterocycles. The molecule has 0 aliphatic heterocycles. The minimum absolute atomic E-state index is 0.421. The molecule has 2 aromatic heterocycles. The van der Waals surface area contributed by atoms with Gasteiger partial charge < -0.3 is 9.15 Å². The highest BCUT2D eigenvalue weighted by atomic mass is 32.1. The molecule has 12 heavy (non-hydrogen) atoms. The van der Waals surface area contributed by atoms with Gasteiger partial charge in [-0.3, -0.25) is 0 Å². The van der Waals surface area contributed by atoms with Crippen molar-refractivity contribution in [3.05, 3.63) is 35.0 Å². The maximum atomic E-state index is 5.26. The molecular formula is C8H6NO2S. The van der Waals surface area contributed by atoms with Crippen molar-refractivity contribution < 1.29 is 9.15 Å². The Morgan fingerprint density at radius 3 is 3.33 bits per heavy atom. The molecule has 0 N–H and O–H groups in total. The predicted molar refractivity (Wildman–Crippen MR) is 44.0 cm³/mol. The van der Waals surface area contributed by atoms with Gasteiger partial charge >= 0.3 is 0 Å². The zero-order valence-electron chi connectivity index (χ0n) is 6.19. The van der Waals surface area contributed by atoms with E-state index in [9.17, 15) is 0 Å². The van der Waals surface area contributed by atoms with Gasteiger partial charge in [-0.15, -0.1) is 11.3 Å². The van der Waals surface area contributed by atoms with Gasteiger partial charge in [-0.05, 0) is 12.1 Å². The van der Waals surface area contributed by atoms with Crippen LogP contribution in [0.25, 0.3) is 0 Å². The molecule has 4 heteroatoms. The quantitative estimate of drug-likeness (QED) is 0.725. The van der Waals surface area contributed by atoms with Crippen molar-refractivity contribution in [2.45, 2.75) is 6.61 Å². The fourth-order valence-corrected chi connectivity index (χ4v) is 1.20. The summed E-state index contributed by atoms with van der Waals surface area (Å²) < 4.78 is 10.3. The maximum absolute atomic E-state index is 5.26. The van der Waals surface area contributed by atoms with Crippen LogP contribution >= 0.6 is 11.3 Å². The van der Waals surface area contributed by atoms with E-state index in [1.165, 1.54) is 11.3 Å². The van der Waals surface area contributed by atoms with E-state index < -0.39 is 0 Å². The molecule has 1 radical (unpaired) electrons. The predicted octanol–water partition coefficient (Wildman–Crippen LogP) is 2.12. The molecule has 0 fully saturated rings. The molecule has 0 saturated carbocycles. The molecule has 61 valence electrons. The number of ether oxygens (including phenoxy) is 1. The van der Waals surface area contributed by atoms with Crippen LogP contribution in [0.5, 0.6) is 5.88 Å². The lowest BCUT2D eigenvalue weighted by atomic mass is 10.5. The molecule has 0 saturated heterocycles. The third kappa shape index (κ3) is 1.65. The fourth-order valence-electron chi connectivity index (χ4n) is 0.781. The second-order valence-corrected chi connectivity index (χ2v) is 2.80. The molecule has 0 amide bonds. The molecule has 0 aliphatic carbocycles. The Kier molecular flexibility index (Phi) is 2.09. The Balaban J connectivity index is 1.91. The number of furan rings is 1. The van der Waals surface area contributed by atoms with Gasteiger partial charge in [-0.25, -0.2) is 0 Å². The second-order valence-electron chi connectivity index (χ2n) is 2.15. The van der Waals surface area contributed by atoms with E-state index in [0.29, 0.717) is 12.5 Å². The highest BCUT2D eigenvalue weighted by Gasteiger charge is 1.98. The molecular weight excluding hydrogens is 174 g/mol. The normalized spacial score (nSPS) is 10.0. The lowest BCUT2D eigenvalue weighted by molar-refractivity contribution is 0.262. The van der Waals surface area contributed by atoms with Crippen molar-refractivity contribution in [2.24, 2.45) is 0 Å². The van der Waals surface area contributed by atoms with Crippen molar-refractivity contribution in [3.8, 4) is 5.88 Å². The first kappa shape index (κ1) is 7.36. The average Bonchev–Trinajstić information content (AvgIpc) is 2.74. The smallest absolute Gasteiger partial charge is 0.225 e. The molecule has 0 atom stereocenters. The molecule has 0 aliphatic rings. The topological polar surface area (TPSA) is 35.3 Å². The Bertz CT molecular complexity index is 280. The minimum Gasteiger partial charge on any atom is -0.469 e. The van der Waals surface area contributed by atoms with Gasteiger partial charge in [0.25, 0.3) is 0 Å². The zero-order chi connectivity index (χ0) is 8.23. The average molecular weight is 180 g/mol. The van der Waals surface area contributed by atoms with Gasteiger partial charge in [0.1, 0.15) is 12.4 Å². The summed E-state index contributed by atoms with van der Waals surface area (Å²) in [7, 11) is 0. The standard InChI is InChI=1S/C8H6NO2S/c1-2-7(10-3-1)4-11-8-5-12-6-9-8/h1-3,5H,4H2. The van der Waals surface area contributed by atoms with Gasteiger partial charge in [0.15, 0.2) is 5.51 Å². The molecule has 0 aromatic carbocycles. The van der Waals surface area contributed by atoms with E-state index in [0.717, 1.165) is 5.76 Å². The highest BCUT2D eigenvalue weighted by Crippen LogP contribution is 2.11. The Hall–Kier alpha value is -1.29. The van der Waals surface area contributed by atoms with Gasteiger partial charge in [0.2, 0.25) is 5.88 Å². The van der Waals surface area contributed by atoms with E-state index in [-0.39, 0.29) is 0 Å². The first-order chi connectivity index (χ1) is 5.95. The van der Waals surface area contributed by atoms with E-state index in [2.05, 4.69) is 10.5 Å². The van der Waals surface area contributed by atoms with Gasteiger partial charge in [0, 0.05) is 0 Å². The fraction of sp³-hybridized carbons (Fsp3) is 0.125. The third-order valence-corrected chi connectivity index (χ3v) is 1.83. The Labute approximate surface area is 73.6 Å². The molecule has 3 nitrogen and oxygen atoms in total. The second kappa shape index (κ2) is 3.40. The summed E-state index contributed by atoms with van der Waals surface area (Å²) in [6, 6.07) is 3.68. The van der Waals surface area contributed by atoms with Crippen molar-refractivity contribution in [3.63, 3.8) is 0 Å². The van der Waals surface area contributed by atoms with Crippen molar-refractivity contribution >= 4 is 11.3 Å². The number of nitrogens with zero attached hydrogens (tertiary/aromatic N) is 1. The van der Waals surface area contributed by atoms with Crippen LogP contribution in [0.3, 0.4) is 0 Å². The van der Waals surface area contributed by atoms with Crippen molar-refractivity contribution in [1.29, 1.82) is 0 Å². The largest absolute Gasteiger partial charge is 0.469 e. The van der Waals surface area contributed by atoms with Crippen LogP contribution in [0.4, 0.5) is 0 Å². The van der Waals surface area contributed by atoms with E-state index in [1.807, 2.05) is 12.1 Å². The van der Waals surface area contributed by atoms with E-state index in [4.69, 9.17) is 9.15 Å². The van der Waals surface area contributed by atoms with Gasteiger partial charge in [0.05, 0.1) is 11.6 Å². The number of rotatable bonds is 3. The summed E-state index contributed by atoms with van der Waals surface area (Å²) in [6.07, 6.45) is 1.62. The van der Waals surface area contributed by atoms with Crippen LogP contribution in [0.2, 0.25) is 0 Å². The summed E-state index contributed by atoms with van der Waals surface area (Å²) >= 11 is 1.39. The molecule has 2 rings (SSSR count). The monoisotopic (exact) mass is 180 g/mol. The third-order valence-electron chi connectivity index (χ3n) is 1.31. The number of thiazole rings is 1. The van der Waals surface area contributed by atoms with Gasteiger partial charge in [-0.1, -0.05) is 0 Å². The van der Waals surface area contributed by atoms with Gasteiger partial charge in [-0.2, -0.15) is 4.98 Å². The summed E-state index contributed by atoms with van der Waals surface area (Å²) in [6.45, 7) is 0.421. The SMILES string of the molecule is [c]1nc(OCc2ccco2)cs1. The van der Waals surface area contributed by atoms with Crippen LogP contribution in [-0.4, -0.2) is 4.98 Å². The lowest BCUT2D eigenvalue weighted by Crippen LogP contribution is -1.92. The first-order valence-corrected chi connectivity index (χ1v) is 4.30. The van der Waals surface area contributed by atoms with Crippen LogP contribution < -0.4 is 4.74 Å². The van der Waals surface area contributed by atoms with E-state index in [1.54, 1.807) is 11.6 Å². The summed E-state index contributed by atoms with van der Waals surface area (Å²) in [5.41, 5.74) is 2.70. The summed E-state index contributed by atoms with van der Waals surface area (Å²) in [5, 5.41) is 1.79. The number of hydrogen-bond donors (Lipinski definition) is 0. The molecule has 2 aromatic rings. The lowest BCUT2D eigenvalue weighted by Gasteiger charge is -1.97. The summed E-state index contributed by atoms with van der Waals surface area (Å²) in [5.74, 6) is 1.39. The van der Waals surface area contributed by atoms with Crippen LogP contribution in [0.15, 0.2) is 28.2 Å². The zero-order valence-corrected chi connectivity index (χ0v) is 7.00. The molecule has 0 bridgehead atoms. The summed E-state index contributed by atoms with van der Waals surface area (Å²) in [4.78, 5) is 3.85. The van der Waals surface area contributed by atoms with Crippen LogP contribution in [0, 0.1) is 5.51 Å². The van der Waals surface area contributed by atoms with Crippen LogP contribution in [-0.2, 0) is 6.61 Å². The molecule has 0 unspecified atom stereocenters. The number of hydrogen-bond acceptors (Lipinski definition) is 4. The minimum atomic E-state index is 0.421. The highest BCUT2D eigenvalue weighted by molar-refractivity contribution is 7.07. The number of aromatic nitrogens is 1. The van der Waals surface area contributed by atoms with Crippen molar-refractivity contribution in [1.82, 2.24) is 4.98 Å². The first-order valence-electron chi connectivity index (χ1n) is 3.42.